The number of hydrogen-bond acceptors (Lipinski definition) is 9. The van der Waals surface area contributed by atoms with Crippen LogP contribution in [-0.4, -0.2) is 67.2 Å². The van der Waals surface area contributed by atoms with Crippen molar-refractivity contribution in [1.29, 1.82) is 0 Å². The summed E-state index contributed by atoms with van der Waals surface area (Å²) < 4.78 is 55.8. The second-order valence-corrected chi connectivity index (χ2v) is 10.2. The lowest BCUT2D eigenvalue weighted by molar-refractivity contribution is 0.0929. The van der Waals surface area contributed by atoms with Gasteiger partial charge in [-0.05, 0) is 38.7 Å². The summed E-state index contributed by atoms with van der Waals surface area (Å²) >= 11 is 1.12. The predicted octanol–water partition coefficient (Wildman–Crippen LogP) is 3.00. The SMILES string of the molecule is CCOc1cncc(-c2cnc(C(=O)N[C@H](CN(C)C)c3cccc(NS(=O)(=O)C(F)F)c3)s2)n1. The van der Waals surface area contributed by atoms with E-state index in [0.29, 0.717) is 35.2 Å². The molecular formula is C21H24F2N6O4S2. The van der Waals surface area contributed by atoms with E-state index in [2.05, 4.69) is 20.3 Å². The molecule has 2 heterocycles. The largest absolute Gasteiger partial charge is 0.477 e. The van der Waals surface area contributed by atoms with Gasteiger partial charge in [0.1, 0.15) is 5.69 Å². The third-order valence-electron chi connectivity index (χ3n) is 4.49. The third kappa shape index (κ3) is 7.13. The second kappa shape index (κ2) is 11.5. The number of halogens is 2. The fourth-order valence-electron chi connectivity index (χ4n) is 3.03. The molecule has 0 unspecified atom stereocenters. The van der Waals surface area contributed by atoms with Gasteiger partial charge in [0.2, 0.25) is 5.88 Å². The van der Waals surface area contributed by atoms with Crippen molar-refractivity contribution in [2.24, 2.45) is 0 Å². The lowest BCUT2D eigenvalue weighted by Gasteiger charge is -2.23. The zero-order chi connectivity index (χ0) is 25.6. The molecule has 0 aliphatic carbocycles. The lowest BCUT2D eigenvalue weighted by Crippen LogP contribution is -2.35. The number of thiazole rings is 1. The molecule has 188 valence electrons. The number of likely N-dealkylation sites (N-methyl/N-ethyl adjacent to an activating group) is 1. The number of rotatable bonds is 11. The van der Waals surface area contributed by atoms with Crippen LogP contribution in [0.2, 0.25) is 0 Å². The van der Waals surface area contributed by atoms with E-state index in [1.54, 1.807) is 26.4 Å². The molecule has 3 aromatic rings. The van der Waals surface area contributed by atoms with E-state index in [-0.39, 0.29) is 10.7 Å². The van der Waals surface area contributed by atoms with E-state index < -0.39 is 27.7 Å². The van der Waals surface area contributed by atoms with E-state index in [0.717, 1.165) is 11.3 Å². The quantitative estimate of drug-likeness (QED) is 0.391. The van der Waals surface area contributed by atoms with Gasteiger partial charge in [0, 0.05) is 18.4 Å². The normalized spacial score (nSPS) is 12.5. The Balaban J connectivity index is 1.80. The van der Waals surface area contributed by atoms with Crippen LogP contribution in [-0.2, 0) is 10.0 Å². The average molecular weight is 527 g/mol. The Morgan fingerprint density at radius 2 is 2.00 bits per heavy atom. The molecule has 10 nitrogen and oxygen atoms in total. The van der Waals surface area contributed by atoms with Crippen LogP contribution in [0.15, 0.2) is 42.9 Å². The number of sulfonamides is 1. The van der Waals surface area contributed by atoms with Crippen molar-refractivity contribution in [2.75, 3.05) is 32.0 Å². The smallest absolute Gasteiger partial charge is 0.355 e. The summed E-state index contributed by atoms with van der Waals surface area (Å²) in [5.41, 5.74) is 0.995. The third-order valence-corrected chi connectivity index (χ3v) is 6.50. The molecule has 0 radical (unpaired) electrons. The monoisotopic (exact) mass is 526 g/mol. The van der Waals surface area contributed by atoms with Crippen LogP contribution in [0.1, 0.15) is 28.3 Å². The van der Waals surface area contributed by atoms with Gasteiger partial charge in [-0.15, -0.1) is 11.3 Å². The molecule has 1 atom stereocenters. The van der Waals surface area contributed by atoms with Gasteiger partial charge in [-0.2, -0.15) is 8.78 Å². The summed E-state index contributed by atoms with van der Waals surface area (Å²) in [5, 5.41) is 3.05. The molecule has 0 spiro atoms. The van der Waals surface area contributed by atoms with Crippen molar-refractivity contribution in [2.45, 2.75) is 18.7 Å². The molecule has 3 rings (SSSR count). The molecule has 35 heavy (non-hydrogen) atoms. The summed E-state index contributed by atoms with van der Waals surface area (Å²) in [7, 11) is -1.22. The Hall–Kier alpha value is -3.23. The molecule has 0 saturated carbocycles. The van der Waals surface area contributed by atoms with E-state index in [1.807, 2.05) is 16.5 Å². The van der Waals surface area contributed by atoms with Crippen molar-refractivity contribution < 1.29 is 26.7 Å². The van der Waals surface area contributed by atoms with E-state index in [9.17, 15) is 22.0 Å². The van der Waals surface area contributed by atoms with E-state index in [1.165, 1.54) is 30.6 Å². The predicted molar refractivity (Wildman–Crippen MR) is 128 cm³/mol. The highest BCUT2D eigenvalue weighted by Gasteiger charge is 2.25. The van der Waals surface area contributed by atoms with Crippen LogP contribution in [0.4, 0.5) is 14.5 Å². The van der Waals surface area contributed by atoms with Crippen molar-refractivity contribution in [3.05, 3.63) is 53.4 Å². The summed E-state index contributed by atoms with van der Waals surface area (Å²) in [6, 6.07) is 5.34. The zero-order valence-electron chi connectivity index (χ0n) is 19.1. The summed E-state index contributed by atoms with van der Waals surface area (Å²) in [5.74, 6) is -3.67. The fraction of sp³-hybridized carbons (Fsp3) is 0.333. The maximum absolute atomic E-state index is 13.0. The summed E-state index contributed by atoms with van der Waals surface area (Å²) in [6.45, 7) is 2.63. The number of anilines is 1. The van der Waals surface area contributed by atoms with Gasteiger partial charge in [0.25, 0.3) is 15.9 Å². The number of carbonyl (C=O) groups is 1. The maximum Gasteiger partial charge on any atom is 0.355 e. The van der Waals surface area contributed by atoms with Crippen LogP contribution >= 0.6 is 11.3 Å². The van der Waals surface area contributed by atoms with Crippen LogP contribution in [0, 0.1) is 0 Å². The molecular weight excluding hydrogens is 502 g/mol. The van der Waals surface area contributed by atoms with Gasteiger partial charge in [-0.1, -0.05) is 12.1 Å². The summed E-state index contributed by atoms with van der Waals surface area (Å²) in [6.07, 6.45) is 4.54. The van der Waals surface area contributed by atoms with E-state index >= 15 is 0 Å². The zero-order valence-corrected chi connectivity index (χ0v) is 20.7. The van der Waals surface area contributed by atoms with Crippen molar-refractivity contribution >= 4 is 33.0 Å². The van der Waals surface area contributed by atoms with Crippen molar-refractivity contribution in [3.8, 4) is 16.5 Å². The van der Waals surface area contributed by atoms with Gasteiger partial charge >= 0.3 is 5.76 Å². The van der Waals surface area contributed by atoms with Crippen LogP contribution in [0.5, 0.6) is 5.88 Å². The Bertz CT molecular complexity index is 1270. The molecule has 0 saturated heterocycles. The molecule has 0 fully saturated rings. The number of nitrogens with one attached hydrogen (secondary N) is 2. The standard InChI is InChI=1S/C21H24F2N6O4S2/c1-4-33-18-11-24-9-15(26-18)17-10-25-20(34-17)19(30)27-16(12-29(2)3)13-6-5-7-14(8-13)28-35(31,32)21(22)23/h5-11,16,21,28H,4,12H2,1-3H3,(H,27,30)/t16-/m1/s1. The van der Waals surface area contributed by atoms with Crippen LogP contribution < -0.4 is 14.8 Å². The highest BCUT2D eigenvalue weighted by atomic mass is 32.2. The average Bonchev–Trinajstić information content (AvgIpc) is 3.29. The van der Waals surface area contributed by atoms with Crippen LogP contribution in [0.3, 0.4) is 0 Å². The minimum Gasteiger partial charge on any atom is -0.477 e. The number of carbonyl (C=O) groups excluding carboxylic acids is 1. The number of aromatic nitrogens is 3. The summed E-state index contributed by atoms with van der Waals surface area (Å²) in [4.78, 5) is 28.0. The number of amides is 1. The first kappa shape index (κ1) is 26.4. The number of alkyl halides is 2. The molecule has 14 heteroatoms. The lowest BCUT2D eigenvalue weighted by atomic mass is 10.1. The van der Waals surface area contributed by atoms with Crippen molar-refractivity contribution in [1.82, 2.24) is 25.2 Å². The number of nitrogens with zero attached hydrogens (tertiary/aromatic N) is 4. The first-order valence-corrected chi connectivity index (χ1v) is 12.7. The topological polar surface area (TPSA) is 126 Å². The maximum atomic E-state index is 13.0. The Kier molecular flexibility index (Phi) is 8.64. The van der Waals surface area contributed by atoms with Gasteiger partial charge in [0.15, 0.2) is 5.01 Å². The number of benzene rings is 1. The Labute approximate surface area is 205 Å². The first-order chi connectivity index (χ1) is 16.6. The van der Waals surface area contributed by atoms with E-state index in [4.69, 9.17) is 4.74 Å². The van der Waals surface area contributed by atoms with Gasteiger partial charge in [-0.3, -0.25) is 14.5 Å². The highest BCUT2D eigenvalue weighted by molar-refractivity contribution is 7.93. The van der Waals surface area contributed by atoms with Gasteiger partial charge in [-0.25, -0.2) is 18.4 Å². The van der Waals surface area contributed by atoms with Crippen molar-refractivity contribution in [3.63, 3.8) is 0 Å². The molecule has 1 aromatic carbocycles. The molecule has 0 aliphatic heterocycles. The minimum absolute atomic E-state index is 0.0369. The fourth-order valence-corrected chi connectivity index (χ4v) is 4.35. The van der Waals surface area contributed by atoms with Gasteiger partial charge in [0.05, 0.1) is 29.9 Å². The second-order valence-electron chi connectivity index (χ2n) is 7.53. The Morgan fingerprint density at radius 3 is 2.69 bits per heavy atom. The van der Waals surface area contributed by atoms with Crippen LogP contribution in [0.25, 0.3) is 10.6 Å². The van der Waals surface area contributed by atoms with Gasteiger partial charge < -0.3 is 15.0 Å². The highest BCUT2D eigenvalue weighted by Crippen LogP contribution is 2.26. The molecule has 1 amide bonds. The molecule has 0 bridgehead atoms. The number of ether oxygens (including phenoxy) is 1. The number of hydrogen-bond donors (Lipinski definition) is 2. The molecule has 2 aromatic heterocycles. The molecule has 2 N–H and O–H groups in total. The minimum atomic E-state index is -4.82. The Morgan fingerprint density at radius 1 is 1.23 bits per heavy atom. The molecule has 0 aliphatic rings. The first-order valence-electron chi connectivity index (χ1n) is 10.4.